The molecule has 2 heterocycles. The quantitative estimate of drug-likeness (QED) is 0.915. The predicted octanol–water partition coefficient (Wildman–Crippen LogP) is 1.62. The summed E-state index contributed by atoms with van der Waals surface area (Å²) in [4.78, 5) is 18.2. The number of fused-ring (bicyclic) bond motifs is 1. The summed E-state index contributed by atoms with van der Waals surface area (Å²) in [5.74, 6) is 0.275. The van der Waals surface area contributed by atoms with Crippen molar-refractivity contribution in [1.82, 2.24) is 9.80 Å². The summed E-state index contributed by atoms with van der Waals surface area (Å²) < 4.78 is 0. The minimum absolute atomic E-state index is 0.0465. The molecule has 1 amide bonds. The monoisotopic (exact) mass is 320 g/mol. The zero-order valence-electron chi connectivity index (χ0n) is 13.1. The van der Waals surface area contributed by atoms with Gasteiger partial charge in [-0.3, -0.25) is 9.69 Å². The number of amides is 1. The van der Waals surface area contributed by atoms with Crippen molar-refractivity contribution in [3.8, 4) is 0 Å². The van der Waals surface area contributed by atoms with Gasteiger partial charge in [0.1, 0.15) is 0 Å². The Morgan fingerprint density at radius 1 is 1.32 bits per heavy atom. The molecule has 1 fully saturated rings. The minimum atomic E-state index is -0.248. The molecule has 120 valence electrons. The number of rotatable bonds is 4. The van der Waals surface area contributed by atoms with Crippen LogP contribution in [0.3, 0.4) is 0 Å². The van der Waals surface area contributed by atoms with Crippen molar-refractivity contribution in [2.75, 3.05) is 32.7 Å². The number of hydrogen-bond donors (Lipinski definition) is 1. The molecule has 0 aromatic heterocycles. The van der Waals surface area contributed by atoms with Gasteiger partial charge in [0, 0.05) is 37.6 Å². The van der Waals surface area contributed by atoms with Gasteiger partial charge in [0.25, 0.3) is 0 Å². The Balaban J connectivity index is 1.51. The molecule has 1 saturated heterocycles. The first kappa shape index (κ1) is 15.8. The number of aliphatic hydroxyl groups excluding tert-OH is 1. The van der Waals surface area contributed by atoms with Crippen LogP contribution >= 0.6 is 11.8 Å². The molecule has 2 aliphatic rings. The molecule has 2 atom stereocenters. The van der Waals surface area contributed by atoms with Crippen LogP contribution in [0.25, 0.3) is 0 Å². The summed E-state index contributed by atoms with van der Waals surface area (Å²) >= 11 is 1.71. The van der Waals surface area contributed by atoms with Gasteiger partial charge in [0.15, 0.2) is 0 Å². The lowest BCUT2D eigenvalue weighted by atomic mass is 10.1. The summed E-state index contributed by atoms with van der Waals surface area (Å²) in [5.41, 5.74) is 1.30. The Morgan fingerprint density at radius 2 is 2.05 bits per heavy atom. The minimum Gasteiger partial charge on any atom is -0.392 e. The number of β-amino-alcohol motifs (C(OH)–C–C–N with tert-alkyl or cyclic N) is 1. The number of benzene rings is 1. The Morgan fingerprint density at radius 3 is 2.73 bits per heavy atom. The molecular weight excluding hydrogens is 296 g/mol. The average Bonchev–Trinajstić information content (AvgIpc) is 2.98. The van der Waals surface area contributed by atoms with Gasteiger partial charge in [0.2, 0.25) is 5.91 Å². The smallest absolute Gasteiger partial charge is 0.236 e. The molecule has 22 heavy (non-hydrogen) atoms. The highest BCUT2D eigenvalue weighted by atomic mass is 32.2. The number of carbonyl (C=O) groups excluding carboxylic acids is 1. The number of hydrogen-bond acceptors (Lipinski definition) is 4. The molecule has 5 heteroatoms. The lowest BCUT2D eigenvalue weighted by Crippen LogP contribution is -2.52. The van der Waals surface area contributed by atoms with E-state index >= 15 is 0 Å². The SMILES string of the molecule is CC[C@@H](O)CN1CCN(C(=O)[C@@H]2Cc3ccccc3S2)CC1. The Hall–Kier alpha value is -1.04. The van der Waals surface area contributed by atoms with E-state index < -0.39 is 0 Å². The predicted molar refractivity (Wildman–Crippen MR) is 89.1 cm³/mol. The fourth-order valence-corrected chi connectivity index (χ4v) is 4.38. The largest absolute Gasteiger partial charge is 0.392 e. The lowest BCUT2D eigenvalue weighted by Gasteiger charge is -2.36. The highest BCUT2D eigenvalue weighted by molar-refractivity contribution is 8.01. The van der Waals surface area contributed by atoms with Crippen LogP contribution in [0.15, 0.2) is 29.2 Å². The normalized spacial score (nSPS) is 23.4. The Bertz CT molecular complexity index is 504. The number of carbonyl (C=O) groups is 1. The number of piperazine rings is 1. The average molecular weight is 320 g/mol. The molecule has 0 spiro atoms. The van der Waals surface area contributed by atoms with E-state index in [4.69, 9.17) is 0 Å². The second kappa shape index (κ2) is 7.02. The van der Waals surface area contributed by atoms with Gasteiger partial charge in [0.05, 0.1) is 11.4 Å². The fraction of sp³-hybridized carbons (Fsp3) is 0.588. The van der Waals surface area contributed by atoms with E-state index in [1.54, 1.807) is 11.8 Å². The maximum atomic E-state index is 12.7. The van der Waals surface area contributed by atoms with E-state index in [2.05, 4.69) is 17.0 Å². The molecule has 0 saturated carbocycles. The second-order valence-corrected chi connectivity index (χ2v) is 7.35. The molecule has 0 radical (unpaired) electrons. The van der Waals surface area contributed by atoms with E-state index in [9.17, 15) is 9.90 Å². The van der Waals surface area contributed by atoms with Gasteiger partial charge in [-0.05, 0) is 24.5 Å². The van der Waals surface area contributed by atoms with E-state index in [-0.39, 0.29) is 17.3 Å². The third kappa shape index (κ3) is 3.47. The van der Waals surface area contributed by atoms with Crippen molar-refractivity contribution < 1.29 is 9.90 Å². The molecule has 4 nitrogen and oxygen atoms in total. The summed E-state index contributed by atoms with van der Waals surface area (Å²) in [5, 5.41) is 9.78. The summed E-state index contributed by atoms with van der Waals surface area (Å²) in [6, 6.07) is 8.32. The molecule has 0 unspecified atom stereocenters. The highest BCUT2D eigenvalue weighted by Gasteiger charge is 2.32. The highest BCUT2D eigenvalue weighted by Crippen LogP contribution is 2.37. The van der Waals surface area contributed by atoms with Crippen molar-refractivity contribution in [3.63, 3.8) is 0 Å². The number of thioether (sulfide) groups is 1. The molecule has 3 rings (SSSR count). The first-order chi connectivity index (χ1) is 10.7. The summed E-state index contributed by atoms with van der Waals surface area (Å²) in [6.07, 6.45) is 1.40. The first-order valence-corrected chi connectivity index (χ1v) is 8.99. The molecule has 1 aromatic rings. The van der Waals surface area contributed by atoms with E-state index in [0.717, 1.165) is 45.6 Å². The van der Waals surface area contributed by atoms with Crippen molar-refractivity contribution in [1.29, 1.82) is 0 Å². The van der Waals surface area contributed by atoms with Crippen molar-refractivity contribution in [3.05, 3.63) is 29.8 Å². The standard InChI is InChI=1S/C17H24N2O2S/c1-2-14(20)12-18-7-9-19(10-8-18)17(21)16-11-13-5-3-4-6-15(13)22-16/h3-6,14,16,20H,2,7-12H2,1H3/t14-,16+/m1/s1. The van der Waals surface area contributed by atoms with Crippen LogP contribution in [0.4, 0.5) is 0 Å². The van der Waals surface area contributed by atoms with Crippen LogP contribution in [-0.2, 0) is 11.2 Å². The molecule has 2 aliphatic heterocycles. The Labute approximate surface area is 136 Å². The van der Waals surface area contributed by atoms with E-state index in [0.29, 0.717) is 0 Å². The second-order valence-electron chi connectivity index (χ2n) is 6.11. The van der Waals surface area contributed by atoms with Gasteiger partial charge in [-0.25, -0.2) is 0 Å². The summed E-state index contributed by atoms with van der Waals surface area (Å²) in [6.45, 7) is 6.02. The van der Waals surface area contributed by atoms with Gasteiger partial charge in [-0.1, -0.05) is 25.1 Å². The van der Waals surface area contributed by atoms with Crippen LogP contribution in [-0.4, -0.2) is 64.9 Å². The number of nitrogens with zero attached hydrogens (tertiary/aromatic N) is 2. The molecule has 1 N–H and O–H groups in total. The topological polar surface area (TPSA) is 43.8 Å². The van der Waals surface area contributed by atoms with Gasteiger partial charge in [-0.2, -0.15) is 0 Å². The van der Waals surface area contributed by atoms with Crippen LogP contribution < -0.4 is 0 Å². The van der Waals surface area contributed by atoms with Crippen LogP contribution in [0, 0.1) is 0 Å². The fourth-order valence-electron chi connectivity index (χ4n) is 3.10. The molecule has 0 aliphatic carbocycles. The maximum absolute atomic E-state index is 12.7. The molecular formula is C17H24N2O2S. The zero-order valence-corrected chi connectivity index (χ0v) is 13.9. The van der Waals surface area contributed by atoms with Crippen LogP contribution in [0.2, 0.25) is 0 Å². The Kier molecular flexibility index (Phi) is 5.06. The maximum Gasteiger partial charge on any atom is 0.236 e. The molecule has 1 aromatic carbocycles. The third-order valence-corrected chi connectivity index (χ3v) is 5.85. The summed E-state index contributed by atoms with van der Waals surface area (Å²) in [7, 11) is 0. The zero-order chi connectivity index (χ0) is 15.5. The van der Waals surface area contributed by atoms with Crippen LogP contribution in [0.1, 0.15) is 18.9 Å². The van der Waals surface area contributed by atoms with Gasteiger partial charge >= 0.3 is 0 Å². The lowest BCUT2D eigenvalue weighted by molar-refractivity contribution is -0.132. The third-order valence-electron chi connectivity index (χ3n) is 4.55. The van der Waals surface area contributed by atoms with Gasteiger partial charge in [-0.15, -0.1) is 11.8 Å². The van der Waals surface area contributed by atoms with Crippen molar-refractivity contribution in [2.45, 2.75) is 36.0 Å². The van der Waals surface area contributed by atoms with Crippen molar-refractivity contribution >= 4 is 17.7 Å². The van der Waals surface area contributed by atoms with E-state index in [1.165, 1.54) is 10.5 Å². The molecule has 0 bridgehead atoms. The van der Waals surface area contributed by atoms with Crippen LogP contribution in [0.5, 0.6) is 0 Å². The van der Waals surface area contributed by atoms with Crippen molar-refractivity contribution in [2.24, 2.45) is 0 Å². The first-order valence-electron chi connectivity index (χ1n) is 8.11. The number of aliphatic hydroxyl groups is 1. The van der Waals surface area contributed by atoms with Gasteiger partial charge < -0.3 is 10.0 Å². The van der Waals surface area contributed by atoms with E-state index in [1.807, 2.05) is 24.0 Å².